The van der Waals surface area contributed by atoms with Gasteiger partial charge >= 0.3 is 0 Å². The smallest absolute Gasteiger partial charge is 0.178 e. The van der Waals surface area contributed by atoms with Crippen molar-refractivity contribution in [3.63, 3.8) is 0 Å². The lowest BCUT2D eigenvalue weighted by Crippen LogP contribution is -1.88. The molecule has 0 radical (unpaired) electrons. The summed E-state index contributed by atoms with van der Waals surface area (Å²) in [6.45, 7) is 0. The Labute approximate surface area is 135 Å². The molecule has 0 bridgehead atoms. The normalized spacial score (nSPS) is 11.3. The number of aromatic amines is 2. The highest BCUT2D eigenvalue weighted by atomic mass is 15.0. The first-order valence-corrected chi connectivity index (χ1v) is 7.45. The molecule has 0 aliphatic rings. The molecule has 5 aromatic rings. The molecule has 5 heterocycles. The number of nitrogens with one attached hydrogen (secondary N) is 2. The third kappa shape index (κ3) is 2.03. The van der Waals surface area contributed by atoms with Crippen LogP contribution in [0.4, 0.5) is 0 Å². The molecule has 114 valence electrons. The van der Waals surface area contributed by atoms with Gasteiger partial charge in [0.25, 0.3) is 0 Å². The van der Waals surface area contributed by atoms with Crippen LogP contribution in [-0.2, 0) is 0 Å². The molecule has 0 aliphatic carbocycles. The Morgan fingerprint density at radius 3 is 2.04 bits per heavy atom. The number of rotatable bonds is 2. The van der Waals surface area contributed by atoms with Crippen LogP contribution in [0, 0.1) is 0 Å². The molecular formula is C17H11N7. The Kier molecular flexibility index (Phi) is 2.66. The van der Waals surface area contributed by atoms with Gasteiger partial charge in [-0.1, -0.05) is 0 Å². The Morgan fingerprint density at radius 1 is 0.667 bits per heavy atom. The lowest BCUT2D eigenvalue weighted by atomic mass is 10.2. The summed E-state index contributed by atoms with van der Waals surface area (Å²) in [5.41, 5.74) is 4.81. The minimum atomic E-state index is 0.674. The monoisotopic (exact) mass is 313 g/mol. The molecule has 2 N–H and O–H groups in total. The molecule has 0 fully saturated rings. The van der Waals surface area contributed by atoms with Gasteiger partial charge in [0.1, 0.15) is 11.5 Å². The lowest BCUT2D eigenvalue weighted by Gasteiger charge is -1.99. The molecule has 7 heteroatoms. The fraction of sp³-hybridized carbons (Fsp3) is 0. The molecule has 24 heavy (non-hydrogen) atoms. The van der Waals surface area contributed by atoms with Gasteiger partial charge in [-0.25, -0.2) is 19.9 Å². The van der Waals surface area contributed by atoms with Crippen molar-refractivity contribution in [2.24, 2.45) is 0 Å². The number of nitrogens with zero attached hydrogens (tertiary/aromatic N) is 5. The van der Waals surface area contributed by atoms with E-state index >= 15 is 0 Å². The van der Waals surface area contributed by atoms with Crippen molar-refractivity contribution in [3.05, 3.63) is 55.0 Å². The molecule has 5 rings (SSSR count). The summed E-state index contributed by atoms with van der Waals surface area (Å²) in [6.07, 6.45) is 5.19. The maximum absolute atomic E-state index is 4.52. The van der Waals surface area contributed by atoms with E-state index in [2.05, 4.69) is 34.9 Å². The topological polar surface area (TPSA) is 96.0 Å². The fourth-order valence-electron chi connectivity index (χ4n) is 2.66. The van der Waals surface area contributed by atoms with Crippen molar-refractivity contribution < 1.29 is 0 Å². The van der Waals surface area contributed by atoms with E-state index in [0.717, 1.165) is 28.1 Å². The summed E-state index contributed by atoms with van der Waals surface area (Å²) in [5.74, 6) is 1.43. The first-order chi connectivity index (χ1) is 11.9. The molecule has 0 saturated carbocycles. The van der Waals surface area contributed by atoms with Crippen molar-refractivity contribution in [2.45, 2.75) is 0 Å². The molecule has 0 amide bonds. The highest BCUT2D eigenvalue weighted by molar-refractivity contribution is 5.78. The Morgan fingerprint density at radius 2 is 1.33 bits per heavy atom. The molecule has 5 aromatic heterocycles. The maximum Gasteiger partial charge on any atom is 0.178 e. The number of imidazole rings is 2. The summed E-state index contributed by atoms with van der Waals surface area (Å²) < 4.78 is 0. The van der Waals surface area contributed by atoms with Gasteiger partial charge in [0.05, 0.1) is 11.0 Å². The van der Waals surface area contributed by atoms with Crippen molar-refractivity contribution in [2.75, 3.05) is 0 Å². The van der Waals surface area contributed by atoms with Gasteiger partial charge in [-0.05, 0) is 36.4 Å². The van der Waals surface area contributed by atoms with E-state index < -0.39 is 0 Å². The van der Waals surface area contributed by atoms with Gasteiger partial charge in [0.15, 0.2) is 17.1 Å². The van der Waals surface area contributed by atoms with Gasteiger partial charge in [-0.3, -0.25) is 4.98 Å². The zero-order valence-corrected chi connectivity index (χ0v) is 12.4. The van der Waals surface area contributed by atoms with Crippen LogP contribution in [0.15, 0.2) is 55.0 Å². The van der Waals surface area contributed by atoms with Gasteiger partial charge in [0.2, 0.25) is 0 Å². The number of aromatic nitrogens is 7. The van der Waals surface area contributed by atoms with Crippen molar-refractivity contribution in [1.29, 1.82) is 0 Å². The lowest BCUT2D eigenvalue weighted by molar-refractivity contribution is 1.22. The molecule has 0 unspecified atom stereocenters. The summed E-state index contributed by atoms with van der Waals surface area (Å²) in [4.78, 5) is 28.4. The second-order valence-electron chi connectivity index (χ2n) is 5.35. The molecule has 0 spiro atoms. The fourth-order valence-corrected chi connectivity index (χ4v) is 2.66. The van der Waals surface area contributed by atoms with E-state index in [0.29, 0.717) is 17.1 Å². The number of pyridine rings is 3. The summed E-state index contributed by atoms with van der Waals surface area (Å²) in [6, 6.07) is 11.5. The number of hydrogen-bond donors (Lipinski definition) is 2. The number of hydrogen-bond acceptors (Lipinski definition) is 5. The van der Waals surface area contributed by atoms with E-state index in [1.165, 1.54) is 0 Å². The minimum absolute atomic E-state index is 0.674. The van der Waals surface area contributed by atoms with E-state index in [4.69, 9.17) is 0 Å². The molecule has 0 atom stereocenters. The molecule has 0 saturated heterocycles. The van der Waals surface area contributed by atoms with Crippen LogP contribution in [0.25, 0.3) is 45.2 Å². The van der Waals surface area contributed by atoms with Gasteiger partial charge in [-0.15, -0.1) is 0 Å². The highest BCUT2D eigenvalue weighted by Crippen LogP contribution is 2.23. The van der Waals surface area contributed by atoms with Crippen LogP contribution in [0.5, 0.6) is 0 Å². The van der Waals surface area contributed by atoms with Gasteiger partial charge in [-0.2, -0.15) is 0 Å². The Balaban J connectivity index is 1.62. The van der Waals surface area contributed by atoms with Gasteiger partial charge < -0.3 is 9.97 Å². The van der Waals surface area contributed by atoms with E-state index in [1.807, 2.05) is 36.4 Å². The van der Waals surface area contributed by atoms with Crippen molar-refractivity contribution in [3.8, 4) is 22.9 Å². The van der Waals surface area contributed by atoms with Crippen LogP contribution < -0.4 is 0 Å². The molecule has 0 aromatic carbocycles. The maximum atomic E-state index is 4.52. The minimum Gasteiger partial charge on any atom is -0.337 e. The van der Waals surface area contributed by atoms with Crippen LogP contribution in [0.1, 0.15) is 0 Å². The summed E-state index contributed by atoms with van der Waals surface area (Å²) in [7, 11) is 0. The van der Waals surface area contributed by atoms with Crippen molar-refractivity contribution in [1.82, 2.24) is 34.9 Å². The molecular weight excluding hydrogens is 302 g/mol. The first-order valence-electron chi connectivity index (χ1n) is 7.45. The number of H-pyrrole nitrogens is 2. The zero-order chi connectivity index (χ0) is 15.9. The zero-order valence-electron chi connectivity index (χ0n) is 12.4. The SMILES string of the molecule is c1cnc2nc(-c3ccnc(-c4nc5ncccc5[nH]4)c3)[nH]c2c1. The Hall–Kier alpha value is -3.61. The third-order valence-corrected chi connectivity index (χ3v) is 3.79. The average molecular weight is 313 g/mol. The van der Waals surface area contributed by atoms with E-state index in [9.17, 15) is 0 Å². The van der Waals surface area contributed by atoms with Crippen molar-refractivity contribution >= 4 is 22.3 Å². The second kappa shape index (κ2) is 4.95. The summed E-state index contributed by atoms with van der Waals surface area (Å²) in [5, 5.41) is 0. The average Bonchev–Trinajstić information content (AvgIpc) is 3.26. The second-order valence-corrected chi connectivity index (χ2v) is 5.35. The first kappa shape index (κ1) is 12.9. The largest absolute Gasteiger partial charge is 0.337 e. The van der Waals surface area contributed by atoms with Crippen LogP contribution in [-0.4, -0.2) is 34.9 Å². The molecule has 7 nitrogen and oxygen atoms in total. The van der Waals surface area contributed by atoms with Crippen LogP contribution in [0.2, 0.25) is 0 Å². The summed E-state index contributed by atoms with van der Waals surface area (Å²) >= 11 is 0. The molecule has 0 aliphatic heterocycles. The van der Waals surface area contributed by atoms with E-state index in [-0.39, 0.29) is 0 Å². The predicted molar refractivity (Wildman–Crippen MR) is 90.0 cm³/mol. The quantitative estimate of drug-likeness (QED) is 0.522. The van der Waals surface area contributed by atoms with E-state index in [1.54, 1.807) is 18.6 Å². The van der Waals surface area contributed by atoms with Crippen LogP contribution in [0.3, 0.4) is 0 Å². The Bertz CT molecular complexity index is 1020. The standard InChI is InChI=1S/C17H11N7/c1-3-11-15(19-6-1)23-14(21-11)10-5-8-18-13(9-10)17-22-12-4-2-7-20-16(12)24-17/h1-9H,(H,19,21,23)(H,20,22,24). The predicted octanol–water partition coefficient (Wildman–Crippen LogP) is 2.96. The van der Waals surface area contributed by atoms with Crippen LogP contribution >= 0.6 is 0 Å². The van der Waals surface area contributed by atoms with Gasteiger partial charge in [0, 0.05) is 24.2 Å². The third-order valence-electron chi connectivity index (χ3n) is 3.79. The highest BCUT2D eigenvalue weighted by Gasteiger charge is 2.10. The number of fused-ring (bicyclic) bond motifs is 2.